The van der Waals surface area contributed by atoms with Gasteiger partial charge in [0, 0.05) is 24.4 Å². The van der Waals surface area contributed by atoms with Crippen LogP contribution in [0.2, 0.25) is 0 Å². The standard InChI is InChI=1S/C10H9ClF3N3O.ClH/c1-15-9(17-11)16-8(18)6-3-2-4-7(5-6)10(12,13)14;/h2-5H,1H3,(H2,15,16,17,18);1H. The quantitative estimate of drug-likeness (QED) is 0.475. The van der Waals surface area contributed by atoms with Gasteiger partial charge in [-0.15, -0.1) is 12.4 Å². The molecule has 0 atom stereocenters. The van der Waals surface area contributed by atoms with E-state index in [0.717, 1.165) is 18.2 Å². The van der Waals surface area contributed by atoms with Gasteiger partial charge in [-0.3, -0.25) is 19.9 Å². The third-order valence-electron chi connectivity index (χ3n) is 2.00. The van der Waals surface area contributed by atoms with Crippen molar-refractivity contribution in [2.75, 3.05) is 7.05 Å². The Morgan fingerprint density at radius 1 is 1.37 bits per heavy atom. The van der Waals surface area contributed by atoms with Gasteiger partial charge in [0.15, 0.2) is 0 Å². The van der Waals surface area contributed by atoms with E-state index in [4.69, 9.17) is 11.8 Å². The van der Waals surface area contributed by atoms with Crippen LogP contribution >= 0.6 is 24.2 Å². The summed E-state index contributed by atoms with van der Waals surface area (Å²) in [5.41, 5.74) is -1.04. The minimum atomic E-state index is -4.50. The van der Waals surface area contributed by atoms with Gasteiger partial charge < -0.3 is 0 Å². The highest BCUT2D eigenvalue weighted by Crippen LogP contribution is 2.29. The molecule has 106 valence electrons. The zero-order valence-corrected chi connectivity index (χ0v) is 11.2. The molecule has 0 spiro atoms. The van der Waals surface area contributed by atoms with Gasteiger partial charge in [-0.25, -0.2) is 0 Å². The first-order valence-electron chi connectivity index (χ1n) is 4.70. The summed E-state index contributed by atoms with van der Waals surface area (Å²) in [5, 5.41) is 2.21. The maximum Gasteiger partial charge on any atom is 0.416 e. The molecule has 0 aliphatic carbocycles. The normalized spacial score (nSPS) is 11.5. The summed E-state index contributed by atoms with van der Waals surface area (Å²) in [7, 11) is 1.36. The molecule has 0 aliphatic heterocycles. The van der Waals surface area contributed by atoms with Crippen molar-refractivity contribution < 1.29 is 18.0 Å². The lowest BCUT2D eigenvalue weighted by Gasteiger charge is -2.09. The first-order valence-corrected chi connectivity index (χ1v) is 5.08. The second kappa shape index (κ2) is 7.20. The Kier molecular flexibility index (Phi) is 6.64. The van der Waals surface area contributed by atoms with Gasteiger partial charge in [0.1, 0.15) is 0 Å². The van der Waals surface area contributed by atoms with E-state index in [9.17, 15) is 18.0 Å². The molecule has 0 aliphatic rings. The number of nitrogens with one attached hydrogen (secondary N) is 2. The van der Waals surface area contributed by atoms with Crippen LogP contribution in [0.15, 0.2) is 29.3 Å². The molecule has 0 aromatic heterocycles. The number of carbonyl (C=O) groups is 1. The molecule has 0 radical (unpaired) electrons. The SMILES string of the molecule is CN=C(NCl)NC(=O)c1cccc(C(F)(F)F)c1.Cl. The fraction of sp³-hybridized carbons (Fsp3) is 0.200. The summed E-state index contributed by atoms with van der Waals surface area (Å²) in [6, 6.07) is 4.03. The van der Waals surface area contributed by atoms with Crippen LogP contribution < -0.4 is 10.2 Å². The van der Waals surface area contributed by atoms with E-state index in [1.165, 1.54) is 13.1 Å². The summed E-state index contributed by atoms with van der Waals surface area (Å²) in [6.45, 7) is 0. The Bertz CT molecular complexity index is 477. The van der Waals surface area contributed by atoms with Crippen molar-refractivity contribution in [3.8, 4) is 0 Å². The minimum absolute atomic E-state index is 0. The van der Waals surface area contributed by atoms with E-state index in [0.29, 0.717) is 0 Å². The highest BCUT2D eigenvalue weighted by molar-refractivity contribution is 6.24. The summed E-state index contributed by atoms with van der Waals surface area (Å²) >= 11 is 5.23. The third kappa shape index (κ3) is 4.96. The number of benzene rings is 1. The summed E-state index contributed by atoms with van der Waals surface area (Å²) in [4.78, 5) is 17.2. The molecule has 0 unspecified atom stereocenters. The predicted molar refractivity (Wildman–Crippen MR) is 68.5 cm³/mol. The second-order valence-corrected chi connectivity index (χ2v) is 3.39. The van der Waals surface area contributed by atoms with Gasteiger partial charge in [-0.2, -0.15) is 13.2 Å². The lowest BCUT2D eigenvalue weighted by molar-refractivity contribution is -0.137. The number of nitrogens with zero attached hydrogens (tertiary/aromatic N) is 1. The van der Waals surface area contributed by atoms with Crippen molar-refractivity contribution in [1.29, 1.82) is 0 Å². The van der Waals surface area contributed by atoms with Crippen LogP contribution in [-0.4, -0.2) is 18.9 Å². The Balaban J connectivity index is 0.00000324. The summed E-state index contributed by atoms with van der Waals surface area (Å²) in [6.07, 6.45) is -4.50. The molecular formula is C10H10Cl2F3N3O. The van der Waals surface area contributed by atoms with Crippen molar-refractivity contribution in [3.63, 3.8) is 0 Å². The molecule has 19 heavy (non-hydrogen) atoms. The van der Waals surface area contributed by atoms with Crippen LogP contribution in [-0.2, 0) is 6.18 Å². The molecule has 0 heterocycles. The molecule has 2 N–H and O–H groups in total. The molecule has 0 fully saturated rings. The fourth-order valence-corrected chi connectivity index (χ4v) is 1.27. The van der Waals surface area contributed by atoms with Crippen LogP contribution in [0.3, 0.4) is 0 Å². The van der Waals surface area contributed by atoms with Gasteiger partial charge in [-0.1, -0.05) is 6.07 Å². The van der Waals surface area contributed by atoms with Crippen LogP contribution in [0.5, 0.6) is 0 Å². The van der Waals surface area contributed by atoms with Crippen molar-refractivity contribution in [1.82, 2.24) is 10.2 Å². The monoisotopic (exact) mass is 315 g/mol. The largest absolute Gasteiger partial charge is 0.416 e. The molecule has 0 bridgehead atoms. The number of aliphatic imine (C=N–C) groups is 1. The van der Waals surface area contributed by atoms with E-state index in [2.05, 4.69) is 15.1 Å². The Morgan fingerprint density at radius 3 is 2.47 bits per heavy atom. The number of alkyl halides is 3. The molecule has 0 saturated carbocycles. The van der Waals surface area contributed by atoms with Gasteiger partial charge >= 0.3 is 6.18 Å². The van der Waals surface area contributed by atoms with E-state index in [1.807, 2.05) is 0 Å². The van der Waals surface area contributed by atoms with Crippen molar-refractivity contribution in [2.24, 2.45) is 4.99 Å². The topological polar surface area (TPSA) is 53.5 Å². The van der Waals surface area contributed by atoms with Gasteiger partial charge in [0.05, 0.1) is 5.56 Å². The first kappa shape index (κ1) is 17.5. The van der Waals surface area contributed by atoms with Crippen molar-refractivity contribution in [3.05, 3.63) is 35.4 Å². The van der Waals surface area contributed by atoms with Crippen molar-refractivity contribution in [2.45, 2.75) is 6.18 Å². The molecule has 4 nitrogen and oxygen atoms in total. The summed E-state index contributed by atoms with van der Waals surface area (Å²) < 4.78 is 37.3. The first-order chi connectivity index (χ1) is 8.38. The highest BCUT2D eigenvalue weighted by Gasteiger charge is 2.30. The Morgan fingerprint density at radius 2 is 2.00 bits per heavy atom. The molecule has 0 saturated heterocycles. The lowest BCUT2D eigenvalue weighted by Crippen LogP contribution is -2.36. The maximum absolute atomic E-state index is 12.4. The number of hydrogen-bond donors (Lipinski definition) is 2. The number of carbonyl (C=O) groups excluding carboxylic acids is 1. The minimum Gasteiger partial charge on any atom is -0.292 e. The molecule has 1 aromatic rings. The van der Waals surface area contributed by atoms with E-state index in [-0.39, 0.29) is 23.9 Å². The highest BCUT2D eigenvalue weighted by atomic mass is 35.5. The lowest BCUT2D eigenvalue weighted by atomic mass is 10.1. The van der Waals surface area contributed by atoms with E-state index < -0.39 is 17.6 Å². The Hall–Kier alpha value is -1.47. The van der Waals surface area contributed by atoms with Gasteiger partial charge in [0.2, 0.25) is 5.96 Å². The molecule has 1 aromatic carbocycles. The number of amides is 1. The average molecular weight is 316 g/mol. The zero-order chi connectivity index (χ0) is 13.8. The van der Waals surface area contributed by atoms with Crippen LogP contribution in [0.4, 0.5) is 13.2 Å². The second-order valence-electron chi connectivity index (χ2n) is 3.20. The Labute approximate surface area is 118 Å². The fourth-order valence-electron chi connectivity index (χ4n) is 1.14. The van der Waals surface area contributed by atoms with E-state index in [1.54, 1.807) is 0 Å². The summed E-state index contributed by atoms with van der Waals surface area (Å²) in [5.74, 6) is -0.797. The number of guanidine groups is 1. The van der Waals surface area contributed by atoms with Crippen LogP contribution in [0, 0.1) is 0 Å². The third-order valence-corrected chi connectivity index (χ3v) is 2.18. The average Bonchev–Trinajstić information content (AvgIpc) is 2.34. The van der Waals surface area contributed by atoms with Crippen LogP contribution in [0.1, 0.15) is 15.9 Å². The molecule has 1 amide bonds. The smallest absolute Gasteiger partial charge is 0.292 e. The predicted octanol–water partition coefficient (Wildman–Crippen LogP) is 2.59. The van der Waals surface area contributed by atoms with Crippen molar-refractivity contribution >= 4 is 36.1 Å². The van der Waals surface area contributed by atoms with Gasteiger partial charge in [0.25, 0.3) is 5.91 Å². The zero-order valence-electron chi connectivity index (χ0n) is 9.58. The number of rotatable bonds is 1. The molecular weight excluding hydrogens is 306 g/mol. The van der Waals surface area contributed by atoms with Gasteiger partial charge in [-0.05, 0) is 18.2 Å². The maximum atomic E-state index is 12.4. The van der Waals surface area contributed by atoms with Crippen LogP contribution in [0.25, 0.3) is 0 Å². The molecule has 1 rings (SSSR count). The number of hydrogen-bond acceptors (Lipinski definition) is 2. The molecule has 9 heteroatoms. The van der Waals surface area contributed by atoms with E-state index >= 15 is 0 Å². The number of halogens is 5.